The molecule has 8 nitrogen and oxygen atoms in total. The number of aryl methyl sites for hydroxylation is 1. The van der Waals surface area contributed by atoms with Crippen molar-refractivity contribution in [1.29, 1.82) is 0 Å². The van der Waals surface area contributed by atoms with Crippen LogP contribution < -0.4 is 0 Å². The third kappa shape index (κ3) is 4.63. The number of pyridine rings is 1. The van der Waals surface area contributed by atoms with E-state index in [-0.39, 0.29) is 23.0 Å². The maximum atomic E-state index is 13.7. The van der Waals surface area contributed by atoms with Crippen LogP contribution in [0.4, 0.5) is 0 Å². The van der Waals surface area contributed by atoms with Crippen LogP contribution in [0.3, 0.4) is 0 Å². The van der Waals surface area contributed by atoms with E-state index in [1.54, 1.807) is 28.1 Å². The number of aromatic nitrogens is 3. The van der Waals surface area contributed by atoms with Gasteiger partial charge in [-0.15, -0.1) is 0 Å². The average molecular weight is 500 g/mol. The Morgan fingerprint density at radius 2 is 1.76 bits per heavy atom. The molecule has 1 aliphatic heterocycles. The summed E-state index contributed by atoms with van der Waals surface area (Å²) >= 11 is 0. The van der Waals surface area contributed by atoms with Crippen LogP contribution in [0.2, 0.25) is 0 Å². The van der Waals surface area contributed by atoms with Gasteiger partial charge >= 0.3 is 0 Å². The second kappa shape index (κ2) is 8.87. The van der Waals surface area contributed by atoms with Gasteiger partial charge in [0.05, 0.1) is 11.2 Å². The van der Waals surface area contributed by atoms with Gasteiger partial charge in [-0.05, 0) is 38.3 Å². The van der Waals surface area contributed by atoms with Gasteiger partial charge in [-0.1, -0.05) is 50.6 Å². The molecule has 3 aromatic heterocycles. The molecule has 2 amide bonds. The third-order valence-electron chi connectivity index (χ3n) is 7.01. The third-order valence-corrected chi connectivity index (χ3v) is 7.01. The summed E-state index contributed by atoms with van der Waals surface area (Å²) in [4.78, 5) is 35.0. The Kier molecular flexibility index (Phi) is 5.93. The van der Waals surface area contributed by atoms with E-state index in [1.807, 2.05) is 13.8 Å². The number of aromatic amines is 1. The normalized spacial score (nSPS) is 15.8. The number of hydrogen-bond acceptors (Lipinski definition) is 5. The van der Waals surface area contributed by atoms with Crippen molar-refractivity contribution in [2.75, 3.05) is 19.6 Å². The fourth-order valence-electron chi connectivity index (χ4n) is 4.94. The smallest absolute Gasteiger partial charge is 0.290 e. The molecule has 0 aliphatic carbocycles. The number of amides is 2. The molecule has 0 saturated carbocycles. The van der Waals surface area contributed by atoms with E-state index in [9.17, 15) is 9.59 Å². The van der Waals surface area contributed by atoms with Crippen LogP contribution in [-0.2, 0) is 5.41 Å². The van der Waals surface area contributed by atoms with Gasteiger partial charge in [0.1, 0.15) is 11.2 Å². The summed E-state index contributed by atoms with van der Waals surface area (Å²) in [6, 6.07) is 13.7. The van der Waals surface area contributed by atoms with Crippen molar-refractivity contribution in [2.24, 2.45) is 0 Å². The zero-order valence-corrected chi connectivity index (χ0v) is 22.3. The number of hydrogen-bond donors (Lipinski definition) is 1. The number of H-pyrrole nitrogens is 1. The van der Waals surface area contributed by atoms with Crippen molar-refractivity contribution in [2.45, 2.75) is 52.5 Å². The van der Waals surface area contributed by atoms with E-state index < -0.39 is 5.54 Å². The van der Waals surface area contributed by atoms with Crippen molar-refractivity contribution in [3.8, 4) is 11.3 Å². The van der Waals surface area contributed by atoms with Gasteiger partial charge in [0, 0.05) is 43.0 Å². The highest BCUT2D eigenvalue weighted by Gasteiger charge is 2.40. The Morgan fingerprint density at radius 3 is 2.38 bits per heavy atom. The number of piperazine rings is 1. The lowest BCUT2D eigenvalue weighted by Gasteiger charge is -2.46. The summed E-state index contributed by atoms with van der Waals surface area (Å²) in [6.07, 6.45) is 1.56. The first-order valence-electron chi connectivity index (χ1n) is 12.6. The van der Waals surface area contributed by atoms with Crippen LogP contribution in [0, 0.1) is 6.92 Å². The minimum Gasteiger partial charge on any atom is -0.449 e. The Bertz CT molecular complexity index is 1460. The van der Waals surface area contributed by atoms with Crippen molar-refractivity contribution >= 4 is 22.9 Å². The molecule has 1 saturated heterocycles. The molecule has 4 heterocycles. The summed E-state index contributed by atoms with van der Waals surface area (Å²) in [5.74, 6) is -0.0621. The number of nitrogens with zero attached hydrogens (tertiary/aromatic N) is 4. The Morgan fingerprint density at radius 1 is 1.03 bits per heavy atom. The molecule has 37 heavy (non-hydrogen) atoms. The van der Waals surface area contributed by atoms with Gasteiger partial charge in [0.2, 0.25) is 0 Å². The maximum Gasteiger partial charge on any atom is 0.290 e. The number of rotatable bonds is 3. The number of benzene rings is 1. The second-order valence-corrected chi connectivity index (χ2v) is 11.5. The number of furan rings is 1. The quantitative estimate of drug-likeness (QED) is 0.418. The lowest BCUT2D eigenvalue weighted by molar-refractivity contribution is 0.0148. The molecule has 0 bridgehead atoms. The lowest BCUT2D eigenvalue weighted by atomic mass is 9.86. The number of carbonyl (C=O) groups is 2. The highest BCUT2D eigenvalue weighted by atomic mass is 16.3. The Hall–Kier alpha value is -3.94. The predicted octanol–water partition coefficient (Wildman–Crippen LogP) is 5.20. The summed E-state index contributed by atoms with van der Waals surface area (Å²) in [6.45, 7) is 13.6. The Labute approximate surface area is 216 Å². The van der Waals surface area contributed by atoms with Crippen LogP contribution in [0.25, 0.3) is 22.4 Å². The van der Waals surface area contributed by atoms with Gasteiger partial charge < -0.3 is 14.2 Å². The lowest BCUT2D eigenvalue weighted by Crippen LogP contribution is -2.62. The van der Waals surface area contributed by atoms with Crippen LogP contribution in [0.15, 0.2) is 53.1 Å². The van der Waals surface area contributed by atoms with Crippen molar-refractivity contribution in [3.05, 3.63) is 71.2 Å². The van der Waals surface area contributed by atoms with E-state index >= 15 is 0 Å². The maximum absolute atomic E-state index is 13.7. The van der Waals surface area contributed by atoms with Gasteiger partial charge in [0.25, 0.3) is 11.8 Å². The van der Waals surface area contributed by atoms with Gasteiger partial charge in [-0.2, -0.15) is 5.10 Å². The number of carbonyl (C=O) groups excluding carboxylic acids is 2. The summed E-state index contributed by atoms with van der Waals surface area (Å²) in [7, 11) is 0. The predicted molar refractivity (Wildman–Crippen MR) is 142 cm³/mol. The minimum absolute atomic E-state index is 0.121. The first-order chi connectivity index (χ1) is 17.4. The summed E-state index contributed by atoms with van der Waals surface area (Å²) in [5.41, 5.74) is 5.00. The number of nitrogens with one attached hydrogen (secondary N) is 1. The zero-order chi connectivity index (χ0) is 26.5. The molecule has 192 valence electrons. The fraction of sp³-hybridized carbons (Fsp3) is 0.379. The molecule has 1 aromatic carbocycles. The first kappa shape index (κ1) is 24.7. The summed E-state index contributed by atoms with van der Waals surface area (Å²) < 4.78 is 6.23. The van der Waals surface area contributed by atoms with Crippen molar-refractivity contribution in [1.82, 2.24) is 25.0 Å². The standard InChI is InChI=1S/C29H33N5O3/c1-18-7-9-19(10-8-18)22-15-20(28(2,3)4)25-23(31-22)16-24(37-25)27(36)34-14-13-33(17-29(34,5)6)26(35)21-11-12-30-32-21/h7-12,15-16H,13-14,17H2,1-6H3,(H,30,32). The van der Waals surface area contributed by atoms with Gasteiger partial charge in [-0.3, -0.25) is 14.7 Å². The molecule has 8 heteroatoms. The van der Waals surface area contributed by atoms with Gasteiger partial charge in [0.15, 0.2) is 11.3 Å². The first-order valence-corrected chi connectivity index (χ1v) is 12.6. The van der Waals surface area contributed by atoms with E-state index in [0.29, 0.717) is 36.4 Å². The molecule has 0 spiro atoms. The van der Waals surface area contributed by atoms with Crippen LogP contribution in [0.5, 0.6) is 0 Å². The van der Waals surface area contributed by atoms with E-state index in [0.717, 1.165) is 16.8 Å². The Balaban J connectivity index is 1.47. The van der Waals surface area contributed by atoms with E-state index in [4.69, 9.17) is 9.40 Å². The molecule has 1 N–H and O–H groups in total. The molecule has 0 unspecified atom stereocenters. The van der Waals surface area contributed by atoms with Crippen LogP contribution >= 0.6 is 0 Å². The molecule has 1 aliphatic rings. The van der Waals surface area contributed by atoms with Crippen molar-refractivity contribution < 1.29 is 14.0 Å². The van der Waals surface area contributed by atoms with E-state index in [2.05, 4.69) is 68.2 Å². The summed E-state index contributed by atoms with van der Waals surface area (Å²) in [5, 5.41) is 6.61. The highest BCUT2D eigenvalue weighted by Crippen LogP contribution is 2.35. The highest BCUT2D eigenvalue weighted by molar-refractivity contribution is 5.97. The molecule has 0 atom stereocenters. The molecule has 4 aromatic rings. The topological polar surface area (TPSA) is 95.3 Å². The molecular formula is C29H33N5O3. The van der Waals surface area contributed by atoms with Crippen molar-refractivity contribution in [3.63, 3.8) is 0 Å². The second-order valence-electron chi connectivity index (χ2n) is 11.5. The average Bonchev–Trinajstić information content (AvgIpc) is 3.52. The molecule has 0 radical (unpaired) electrons. The molecule has 1 fully saturated rings. The zero-order valence-electron chi connectivity index (χ0n) is 22.3. The van der Waals surface area contributed by atoms with E-state index in [1.165, 1.54) is 5.56 Å². The largest absolute Gasteiger partial charge is 0.449 e. The monoisotopic (exact) mass is 499 g/mol. The van der Waals surface area contributed by atoms with Crippen LogP contribution in [0.1, 0.15) is 66.8 Å². The number of fused-ring (bicyclic) bond motifs is 1. The SMILES string of the molecule is Cc1ccc(-c2cc(C(C)(C)C)c3oc(C(=O)N4CCN(C(=O)c5ccn[nH]5)CC4(C)C)cc3n2)cc1. The minimum atomic E-state index is -0.586. The fourth-order valence-corrected chi connectivity index (χ4v) is 4.94. The molecule has 5 rings (SSSR count). The van der Waals surface area contributed by atoms with Crippen LogP contribution in [-0.4, -0.2) is 62.0 Å². The molecular weight excluding hydrogens is 466 g/mol. The van der Waals surface area contributed by atoms with Gasteiger partial charge in [-0.25, -0.2) is 4.98 Å².